The van der Waals surface area contributed by atoms with E-state index in [9.17, 15) is 4.79 Å². The Balaban J connectivity index is 1.55. The number of nitrogens with one attached hydrogen (secondary N) is 2. The highest BCUT2D eigenvalue weighted by Crippen LogP contribution is 2.31. The van der Waals surface area contributed by atoms with Gasteiger partial charge in [-0.05, 0) is 55.2 Å². The molecule has 0 spiro atoms. The molecule has 2 fully saturated rings. The van der Waals surface area contributed by atoms with Gasteiger partial charge in [0.2, 0.25) is 0 Å². The summed E-state index contributed by atoms with van der Waals surface area (Å²) in [5.74, 6) is 0.191. The van der Waals surface area contributed by atoms with E-state index in [1.807, 2.05) is 30.3 Å². The highest BCUT2D eigenvalue weighted by atomic mass is 16.5. The Bertz CT molecular complexity index is 862. The third kappa shape index (κ3) is 3.71. The molecule has 0 radical (unpaired) electrons. The predicted molar refractivity (Wildman–Crippen MR) is 100 cm³/mol. The van der Waals surface area contributed by atoms with Crippen LogP contribution in [0.2, 0.25) is 0 Å². The highest BCUT2D eigenvalue weighted by Gasteiger charge is 2.23. The van der Waals surface area contributed by atoms with Crippen molar-refractivity contribution in [2.75, 3.05) is 23.8 Å². The van der Waals surface area contributed by atoms with Crippen LogP contribution in [0.3, 0.4) is 0 Å². The highest BCUT2D eigenvalue weighted by molar-refractivity contribution is 6.06. The second-order valence-electron chi connectivity index (χ2n) is 6.93. The van der Waals surface area contributed by atoms with Gasteiger partial charge < -0.3 is 15.4 Å². The van der Waals surface area contributed by atoms with Crippen molar-refractivity contribution < 1.29 is 9.53 Å². The van der Waals surface area contributed by atoms with E-state index in [2.05, 4.69) is 16.7 Å². The fraction of sp³-hybridized carbons (Fsp3) is 0.333. The molecular formula is C21H21N3O2. The maximum absolute atomic E-state index is 12.8. The van der Waals surface area contributed by atoms with Gasteiger partial charge in [-0.1, -0.05) is 12.1 Å². The Morgan fingerprint density at radius 1 is 1.12 bits per heavy atom. The second kappa shape index (κ2) is 7.19. The molecule has 5 heteroatoms. The van der Waals surface area contributed by atoms with Crippen LogP contribution in [0.1, 0.15) is 46.7 Å². The number of carbonyl (C=O) groups excluding carboxylic acids is 1. The van der Waals surface area contributed by atoms with Gasteiger partial charge >= 0.3 is 0 Å². The zero-order chi connectivity index (χ0) is 17.9. The Labute approximate surface area is 153 Å². The minimum Gasteiger partial charge on any atom is -0.381 e. The maximum atomic E-state index is 12.8. The lowest BCUT2D eigenvalue weighted by Crippen LogP contribution is -2.15. The van der Waals surface area contributed by atoms with Gasteiger partial charge in [0.15, 0.2) is 0 Å². The number of hydrogen-bond acceptors (Lipinski definition) is 4. The summed E-state index contributed by atoms with van der Waals surface area (Å²) in [6.45, 7) is 1.49. The molecule has 1 atom stereocenters. The molecular weight excluding hydrogens is 326 g/mol. The summed E-state index contributed by atoms with van der Waals surface area (Å²) in [6, 6.07) is 15.7. The number of rotatable bonds is 5. The van der Waals surface area contributed by atoms with Gasteiger partial charge in [0.1, 0.15) is 0 Å². The van der Waals surface area contributed by atoms with Crippen molar-refractivity contribution in [3.05, 3.63) is 59.2 Å². The van der Waals surface area contributed by atoms with Gasteiger partial charge in [-0.25, -0.2) is 0 Å². The molecule has 1 saturated heterocycles. The van der Waals surface area contributed by atoms with Crippen molar-refractivity contribution in [3.63, 3.8) is 0 Å². The molecule has 26 heavy (non-hydrogen) atoms. The summed E-state index contributed by atoms with van der Waals surface area (Å²) in [5.41, 5.74) is 3.79. The third-order valence-electron chi connectivity index (χ3n) is 4.88. The van der Waals surface area contributed by atoms with Gasteiger partial charge in [-0.2, -0.15) is 5.26 Å². The van der Waals surface area contributed by atoms with E-state index in [-0.39, 0.29) is 5.91 Å². The molecule has 0 aromatic heterocycles. The number of anilines is 2. The molecule has 132 valence electrons. The van der Waals surface area contributed by atoms with Crippen molar-refractivity contribution in [1.82, 2.24) is 0 Å². The predicted octanol–water partition coefficient (Wildman–Crippen LogP) is 3.89. The fourth-order valence-corrected chi connectivity index (χ4v) is 3.22. The number of nitriles is 1. The van der Waals surface area contributed by atoms with E-state index < -0.39 is 0 Å². The summed E-state index contributed by atoms with van der Waals surface area (Å²) in [4.78, 5) is 12.8. The largest absolute Gasteiger partial charge is 0.381 e. The van der Waals surface area contributed by atoms with Gasteiger partial charge in [-0.15, -0.1) is 0 Å². The van der Waals surface area contributed by atoms with Gasteiger partial charge in [-0.3, -0.25) is 4.79 Å². The molecule has 5 nitrogen and oxygen atoms in total. The third-order valence-corrected chi connectivity index (χ3v) is 4.88. The van der Waals surface area contributed by atoms with Gasteiger partial charge in [0.05, 0.1) is 29.6 Å². The first-order valence-electron chi connectivity index (χ1n) is 9.02. The molecule has 4 rings (SSSR count). The first-order chi connectivity index (χ1) is 12.7. The SMILES string of the molecule is N#Cc1ccc(NC2CC2)c(NC(=O)c2cccc([C@@H]3CCOC3)c2)c1. The average Bonchev–Trinajstić information content (AvgIpc) is 3.32. The summed E-state index contributed by atoms with van der Waals surface area (Å²) < 4.78 is 5.45. The summed E-state index contributed by atoms with van der Waals surface area (Å²) in [6.07, 6.45) is 3.27. The van der Waals surface area contributed by atoms with Crippen molar-refractivity contribution in [3.8, 4) is 6.07 Å². The van der Waals surface area contributed by atoms with Crippen LogP contribution >= 0.6 is 0 Å². The second-order valence-corrected chi connectivity index (χ2v) is 6.93. The van der Waals surface area contributed by atoms with Crippen LogP contribution in [0, 0.1) is 11.3 Å². The monoisotopic (exact) mass is 347 g/mol. The van der Waals surface area contributed by atoms with Crippen molar-refractivity contribution in [1.29, 1.82) is 5.26 Å². The van der Waals surface area contributed by atoms with E-state index in [4.69, 9.17) is 10.00 Å². The van der Waals surface area contributed by atoms with Crippen molar-refractivity contribution in [2.24, 2.45) is 0 Å². The number of ether oxygens (including phenoxy) is 1. The zero-order valence-corrected chi connectivity index (χ0v) is 14.5. The molecule has 0 bridgehead atoms. The Morgan fingerprint density at radius 2 is 2.00 bits per heavy atom. The molecule has 2 aromatic rings. The van der Waals surface area contributed by atoms with Crippen LogP contribution in [0.4, 0.5) is 11.4 Å². The quantitative estimate of drug-likeness (QED) is 0.860. The van der Waals surface area contributed by atoms with Crippen LogP contribution in [0.15, 0.2) is 42.5 Å². The van der Waals surface area contributed by atoms with E-state index in [0.717, 1.165) is 37.1 Å². The molecule has 2 N–H and O–H groups in total. The van der Waals surface area contributed by atoms with Crippen LogP contribution in [-0.2, 0) is 4.74 Å². The topological polar surface area (TPSA) is 74.2 Å². The van der Waals surface area contributed by atoms with E-state index in [1.54, 1.807) is 12.1 Å². The fourth-order valence-electron chi connectivity index (χ4n) is 3.22. The van der Waals surface area contributed by atoms with Crippen molar-refractivity contribution >= 4 is 17.3 Å². The van der Waals surface area contributed by atoms with Gasteiger partial charge in [0.25, 0.3) is 5.91 Å². The summed E-state index contributed by atoms with van der Waals surface area (Å²) >= 11 is 0. The van der Waals surface area contributed by atoms with E-state index in [1.165, 1.54) is 0 Å². The Hall–Kier alpha value is -2.84. The number of benzene rings is 2. The molecule has 0 unspecified atom stereocenters. The normalized spacial score (nSPS) is 19.0. The van der Waals surface area contributed by atoms with Crippen LogP contribution < -0.4 is 10.6 Å². The van der Waals surface area contributed by atoms with Crippen LogP contribution in [0.25, 0.3) is 0 Å². The smallest absolute Gasteiger partial charge is 0.255 e. The molecule has 1 aliphatic carbocycles. The number of carbonyl (C=O) groups is 1. The molecule has 1 aliphatic heterocycles. The molecule has 1 heterocycles. The van der Waals surface area contributed by atoms with E-state index in [0.29, 0.717) is 35.4 Å². The summed E-state index contributed by atoms with van der Waals surface area (Å²) in [7, 11) is 0. The lowest BCUT2D eigenvalue weighted by Gasteiger charge is -2.14. The van der Waals surface area contributed by atoms with Crippen LogP contribution in [0.5, 0.6) is 0 Å². The summed E-state index contributed by atoms with van der Waals surface area (Å²) in [5, 5.41) is 15.5. The minimum absolute atomic E-state index is 0.167. The number of amides is 1. The lowest BCUT2D eigenvalue weighted by molar-refractivity contribution is 0.102. The lowest BCUT2D eigenvalue weighted by atomic mass is 9.96. The molecule has 2 aliphatic rings. The number of nitrogens with zero attached hydrogens (tertiary/aromatic N) is 1. The Kier molecular flexibility index (Phi) is 4.59. The van der Waals surface area contributed by atoms with Gasteiger partial charge in [0, 0.05) is 24.1 Å². The van der Waals surface area contributed by atoms with E-state index >= 15 is 0 Å². The minimum atomic E-state index is -0.167. The molecule has 1 amide bonds. The first-order valence-corrected chi connectivity index (χ1v) is 9.02. The molecule has 1 saturated carbocycles. The standard InChI is InChI=1S/C21H21N3O2/c22-12-14-4-7-19(23-18-5-6-18)20(10-14)24-21(25)16-3-1-2-15(11-16)17-8-9-26-13-17/h1-4,7,10-11,17-18,23H,5-6,8-9,13H2,(H,24,25)/t17-/m1/s1. The zero-order valence-electron chi connectivity index (χ0n) is 14.5. The van der Waals surface area contributed by atoms with Crippen molar-refractivity contribution in [2.45, 2.75) is 31.2 Å². The van der Waals surface area contributed by atoms with Crippen LogP contribution in [-0.4, -0.2) is 25.2 Å². The Morgan fingerprint density at radius 3 is 2.73 bits per heavy atom. The average molecular weight is 347 g/mol. The number of hydrogen-bond donors (Lipinski definition) is 2. The molecule has 2 aromatic carbocycles. The maximum Gasteiger partial charge on any atom is 0.255 e. The first kappa shape index (κ1) is 16.6.